The Kier molecular flexibility index (Phi) is 6.29. The number of β-amino-alcohol motifs (C(OH)–C–C–N with tert-alkyl or cyclic N) is 1. The molecule has 0 bridgehead atoms. The minimum absolute atomic E-state index is 0.130. The molecule has 4 rings (SSSR count). The Morgan fingerprint density at radius 3 is 2.85 bits per heavy atom. The predicted octanol–water partition coefficient (Wildman–Crippen LogP) is 1.01. The normalized spacial score (nSPS) is 16.4. The summed E-state index contributed by atoms with van der Waals surface area (Å²) in [5, 5.41) is 16.6. The minimum atomic E-state index is -0.515. The number of aromatic nitrogens is 3. The van der Waals surface area contributed by atoms with Crippen molar-refractivity contribution in [2.75, 3.05) is 29.9 Å². The van der Waals surface area contributed by atoms with Crippen molar-refractivity contribution in [2.24, 2.45) is 0 Å². The number of halogens is 2. The molecule has 12 heteroatoms. The van der Waals surface area contributed by atoms with Gasteiger partial charge >= 0.3 is 6.03 Å². The van der Waals surface area contributed by atoms with Crippen LogP contribution >= 0.6 is 0 Å². The Morgan fingerprint density at radius 2 is 2.15 bits per heavy atom. The first-order valence-electron chi connectivity index (χ1n) is 10.9. The molecular weight excluding hydrogens is 428 g/mol. The van der Waals surface area contributed by atoms with E-state index in [-0.39, 0.29) is 29.9 Å². The molecular formula is C21H26B2F2N6O2. The quantitative estimate of drug-likeness (QED) is 0.544. The zero-order chi connectivity index (χ0) is 23.8. The number of nitrogens with one attached hydrogen (secondary N) is 1. The molecule has 2 aromatic heterocycles. The number of carbonyl (C=O) groups is 1. The van der Waals surface area contributed by atoms with Crippen LogP contribution in [0.25, 0.3) is 5.65 Å². The van der Waals surface area contributed by atoms with Gasteiger partial charge in [0.2, 0.25) is 0 Å². The van der Waals surface area contributed by atoms with Crippen molar-refractivity contribution in [3.8, 4) is 0 Å². The SMILES string of the molecule is BC(B)(C)CN(Cc1cc(F)ccc1F)c1ccn2ncc(NC(=O)N3CCC(O)C3)c2n1. The number of hydrogen-bond acceptors (Lipinski definition) is 5. The van der Waals surface area contributed by atoms with Gasteiger partial charge in [-0.1, -0.05) is 12.1 Å². The first-order chi connectivity index (χ1) is 15.6. The summed E-state index contributed by atoms with van der Waals surface area (Å²) in [6, 6.07) is 4.83. The summed E-state index contributed by atoms with van der Waals surface area (Å²) < 4.78 is 29.7. The number of benzene rings is 1. The molecule has 1 saturated heterocycles. The Balaban J connectivity index is 1.64. The highest BCUT2D eigenvalue weighted by Gasteiger charge is 2.26. The number of fused-ring (bicyclic) bond motifs is 1. The molecule has 8 nitrogen and oxygen atoms in total. The minimum Gasteiger partial charge on any atom is -0.391 e. The highest BCUT2D eigenvalue weighted by molar-refractivity contribution is 6.39. The smallest absolute Gasteiger partial charge is 0.322 e. The number of aliphatic hydroxyl groups is 1. The van der Waals surface area contributed by atoms with Gasteiger partial charge in [0.25, 0.3) is 0 Å². The summed E-state index contributed by atoms with van der Waals surface area (Å²) in [5.41, 5.74) is 1.09. The van der Waals surface area contributed by atoms with Gasteiger partial charge in [0.1, 0.15) is 38.8 Å². The van der Waals surface area contributed by atoms with E-state index in [2.05, 4.69) is 33.0 Å². The van der Waals surface area contributed by atoms with Crippen LogP contribution in [0.1, 0.15) is 18.9 Å². The summed E-state index contributed by atoms with van der Waals surface area (Å²) in [7, 11) is 4.10. The molecule has 0 saturated carbocycles. The predicted molar refractivity (Wildman–Crippen MR) is 127 cm³/mol. The van der Waals surface area contributed by atoms with E-state index in [1.807, 2.05) is 4.90 Å². The second-order valence-corrected chi connectivity index (χ2v) is 9.58. The molecule has 33 heavy (non-hydrogen) atoms. The zero-order valence-electron chi connectivity index (χ0n) is 18.9. The lowest BCUT2D eigenvalue weighted by Gasteiger charge is -2.31. The lowest BCUT2D eigenvalue weighted by molar-refractivity contribution is 0.176. The Hall–Kier alpha value is -3.14. The summed E-state index contributed by atoms with van der Waals surface area (Å²) in [5.74, 6) is -0.437. The van der Waals surface area contributed by atoms with Crippen LogP contribution in [0.3, 0.4) is 0 Å². The summed E-state index contributed by atoms with van der Waals surface area (Å²) in [6.07, 6.45) is 3.25. The van der Waals surface area contributed by atoms with E-state index >= 15 is 0 Å². The average Bonchev–Trinajstić information content (AvgIpc) is 3.35. The van der Waals surface area contributed by atoms with E-state index in [9.17, 15) is 18.7 Å². The average molecular weight is 454 g/mol. The van der Waals surface area contributed by atoms with Gasteiger partial charge in [-0.3, -0.25) is 0 Å². The lowest BCUT2D eigenvalue weighted by Crippen LogP contribution is -2.34. The molecule has 1 aromatic carbocycles. The van der Waals surface area contributed by atoms with Crippen molar-refractivity contribution in [2.45, 2.75) is 31.2 Å². The van der Waals surface area contributed by atoms with Gasteiger partial charge in [-0.05, 0) is 30.7 Å². The van der Waals surface area contributed by atoms with Crippen LogP contribution in [-0.4, -0.2) is 72.1 Å². The number of likely N-dealkylation sites (tertiary alicyclic amines) is 1. The molecule has 3 heterocycles. The second-order valence-electron chi connectivity index (χ2n) is 9.58. The van der Waals surface area contributed by atoms with Gasteiger partial charge in [-0.2, -0.15) is 5.10 Å². The topological polar surface area (TPSA) is 86.0 Å². The molecule has 1 fully saturated rings. The largest absolute Gasteiger partial charge is 0.391 e. The van der Waals surface area contributed by atoms with E-state index in [1.54, 1.807) is 12.3 Å². The number of carbonyl (C=O) groups excluding carboxylic acids is 1. The monoisotopic (exact) mass is 454 g/mol. The molecule has 3 aromatic rings. The lowest BCUT2D eigenvalue weighted by atomic mass is 9.55. The maximum absolute atomic E-state index is 14.4. The van der Waals surface area contributed by atoms with Crippen molar-refractivity contribution >= 4 is 38.9 Å². The molecule has 2 amide bonds. The Morgan fingerprint density at radius 1 is 1.36 bits per heavy atom. The van der Waals surface area contributed by atoms with Crippen LogP contribution in [0, 0.1) is 11.6 Å². The van der Waals surface area contributed by atoms with Crippen LogP contribution in [0.2, 0.25) is 5.21 Å². The first-order valence-corrected chi connectivity index (χ1v) is 10.9. The Labute approximate surface area is 192 Å². The van der Waals surface area contributed by atoms with Gasteiger partial charge in [0, 0.05) is 37.9 Å². The number of urea groups is 1. The van der Waals surface area contributed by atoms with Crippen LogP contribution in [0.4, 0.5) is 25.1 Å². The first kappa shape index (κ1) is 23.0. The number of anilines is 2. The molecule has 2 N–H and O–H groups in total. The highest BCUT2D eigenvalue weighted by atomic mass is 19.1. The third kappa shape index (κ3) is 5.44. The number of hydrogen-bond donors (Lipinski definition) is 2. The summed E-state index contributed by atoms with van der Waals surface area (Å²) in [6.45, 7) is 3.47. The van der Waals surface area contributed by atoms with Crippen LogP contribution in [-0.2, 0) is 6.54 Å². The number of rotatable bonds is 6. The van der Waals surface area contributed by atoms with Crippen molar-refractivity contribution in [3.05, 3.63) is 53.9 Å². The van der Waals surface area contributed by atoms with Crippen LogP contribution in [0.5, 0.6) is 0 Å². The zero-order valence-corrected chi connectivity index (χ0v) is 18.9. The molecule has 0 aliphatic carbocycles. The fraction of sp³-hybridized carbons (Fsp3) is 0.381. The van der Waals surface area contributed by atoms with Gasteiger partial charge in [-0.25, -0.2) is 23.1 Å². The van der Waals surface area contributed by atoms with Crippen molar-refractivity contribution in [1.29, 1.82) is 0 Å². The molecule has 0 radical (unpaired) electrons. The van der Waals surface area contributed by atoms with E-state index in [4.69, 9.17) is 4.98 Å². The molecule has 1 unspecified atom stereocenters. The fourth-order valence-corrected chi connectivity index (χ4v) is 3.90. The maximum atomic E-state index is 14.4. The van der Waals surface area contributed by atoms with Gasteiger partial charge in [0.05, 0.1) is 12.3 Å². The van der Waals surface area contributed by atoms with Gasteiger partial charge in [-0.15, -0.1) is 0 Å². The van der Waals surface area contributed by atoms with Crippen molar-refractivity contribution in [3.63, 3.8) is 0 Å². The van der Waals surface area contributed by atoms with Crippen LogP contribution in [0.15, 0.2) is 36.7 Å². The fourth-order valence-electron chi connectivity index (χ4n) is 3.90. The number of aliphatic hydroxyl groups excluding tert-OH is 1. The molecule has 1 atom stereocenters. The van der Waals surface area contributed by atoms with E-state index in [0.29, 0.717) is 36.7 Å². The van der Waals surface area contributed by atoms with Gasteiger partial charge in [0.15, 0.2) is 5.65 Å². The van der Waals surface area contributed by atoms with E-state index in [0.717, 1.165) is 12.1 Å². The van der Waals surface area contributed by atoms with E-state index in [1.165, 1.54) is 21.7 Å². The van der Waals surface area contributed by atoms with Gasteiger partial charge < -0.3 is 20.2 Å². The second kappa shape index (κ2) is 9.01. The molecule has 0 spiro atoms. The third-order valence-corrected chi connectivity index (χ3v) is 5.40. The Bertz CT molecular complexity index is 1170. The molecule has 1 aliphatic heterocycles. The van der Waals surface area contributed by atoms with E-state index < -0.39 is 17.7 Å². The number of amides is 2. The maximum Gasteiger partial charge on any atom is 0.322 e. The molecule has 1 aliphatic rings. The third-order valence-electron chi connectivity index (χ3n) is 5.40. The van der Waals surface area contributed by atoms with Crippen LogP contribution < -0.4 is 10.2 Å². The summed E-state index contributed by atoms with van der Waals surface area (Å²) >= 11 is 0. The standard InChI is InChI=1S/C21H26B2F2N6O2/c1-21(22,23)12-30(10-13-8-14(24)2-3-16(13)25)18-5-7-31-19(28-18)17(9-26-31)27-20(33)29-6-4-15(32)11-29/h2-3,5,7-9,15,32H,4,6,10-12,22-23H2,1H3,(H,27,33). The van der Waals surface area contributed by atoms with Crippen molar-refractivity contribution in [1.82, 2.24) is 19.5 Å². The molecule has 172 valence electrons. The number of nitrogens with zero attached hydrogens (tertiary/aromatic N) is 5. The van der Waals surface area contributed by atoms with Crippen molar-refractivity contribution < 1.29 is 18.7 Å². The summed E-state index contributed by atoms with van der Waals surface area (Å²) in [4.78, 5) is 20.7. The highest BCUT2D eigenvalue weighted by Crippen LogP contribution is 2.26.